The number of benzene rings is 2. The van der Waals surface area contributed by atoms with Gasteiger partial charge in [0.1, 0.15) is 5.82 Å². The lowest BCUT2D eigenvalue weighted by molar-refractivity contribution is 0.628. The molecule has 126 valence electrons. The summed E-state index contributed by atoms with van der Waals surface area (Å²) in [4.78, 5) is 0. The quantitative estimate of drug-likeness (QED) is 0.476. The van der Waals surface area contributed by atoms with Crippen molar-refractivity contribution in [2.24, 2.45) is 5.10 Å². The first-order valence-corrected chi connectivity index (χ1v) is 9.63. The first-order valence-electron chi connectivity index (χ1n) is 7.10. The Morgan fingerprint density at radius 1 is 1.08 bits per heavy atom. The van der Waals surface area contributed by atoms with Crippen molar-refractivity contribution >= 4 is 56.6 Å². The largest absolute Gasteiger partial charge is 0.212 e. The number of fused-ring (bicyclic) bond motifs is 1. The molecule has 0 N–H and O–H groups in total. The van der Waals surface area contributed by atoms with E-state index in [-0.39, 0.29) is 10.0 Å². The van der Waals surface area contributed by atoms with Crippen molar-refractivity contribution in [3.63, 3.8) is 0 Å². The molecule has 0 bridgehead atoms. The lowest BCUT2D eigenvalue weighted by Crippen LogP contribution is -2.13. The van der Waals surface area contributed by atoms with Gasteiger partial charge in [0.25, 0.3) is 0 Å². The van der Waals surface area contributed by atoms with Gasteiger partial charge in [-0.3, -0.25) is 0 Å². The molecule has 1 aliphatic rings. The molecule has 0 radical (unpaired) electrons. The number of thioether (sulfide) groups is 1. The minimum Gasteiger partial charge on any atom is -0.205 e. The van der Waals surface area contributed by atoms with Crippen LogP contribution in [0.15, 0.2) is 51.1 Å². The minimum absolute atomic E-state index is 0.0411. The fraction of sp³-hybridized carbons (Fsp3) is 0.0625. The van der Waals surface area contributed by atoms with Crippen molar-refractivity contribution in [1.82, 2.24) is 14.9 Å². The number of hydrogen-bond donors (Lipinski definition) is 0. The predicted molar refractivity (Wildman–Crippen MR) is 102 cm³/mol. The third-order valence-corrected chi connectivity index (χ3v) is 5.66. The Bertz CT molecular complexity index is 1000. The van der Waals surface area contributed by atoms with E-state index >= 15 is 0 Å². The first-order chi connectivity index (χ1) is 12.0. The zero-order chi connectivity index (χ0) is 17.6. The first kappa shape index (κ1) is 17.0. The van der Waals surface area contributed by atoms with E-state index in [2.05, 4.69) is 31.2 Å². The topological polar surface area (TPSA) is 43.1 Å². The molecule has 0 fully saturated rings. The molecule has 1 aromatic heterocycles. The van der Waals surface area contributed by atoms with Gasteiger partial charge in [0.2, 0.25) is 5.16 Å². The normalized spacial score (nSPS) is 13.5. The highest BCUT2D eigenvalue weighted by Crippen LogP contribution is 2.34. The van der Waals surface area contributed by atoms with Crippen LogP contribution in [0.25, 0.3) is 11.4 Å². The summed E-state index contributed by atoms with van der Waals surface area (Å²) in [5.74, 6) is 0.471. The molecular weight excluding hydrogens is 450 g/mol. The second kappa shape index (κ2) is 6.72. The van der Waals surface area contributed by atoms with E-state index in [1.54, 1.807) is 4.68 Å². The molecule has 2 heterocycles. The summed E-state index contributed by atoms with van der Waals surface area (Å²) < 4.78 is 16.4. The summed E-state index contributed by atoms with van der Waals surface area (Å²) in [5, 5.41) is 13.7. The van der Waals surface area contributed by atoms with Gasteiger partial charge in [-0.25, -0.2) is 4.39 Å². The van der Waals surface area contributed by atoms with Crippen molar-refractivity contribution in [3.05, 3.63) is 62.3 Å². The van der Waals surface area contributed by atoms with E-state index in [0.717, 1.165) is 15.7 Å². The number of aromatic nitrogens is 3. The van der Waals surface area contributed by atoms with Crippen molar-refractivity contribution < 1.29 is 4.39 Å². The molecular formula is C16H8BrCl2FN4S. The molecule has 0 atom stereocenters. The Morgan fingerprint density at radius 2 is 1.84 bits per heavy atom. The summed E-state index contributed by atoms with van der Waals surface area (Å²) in [6.07, 6.45) is 0. The Hall–Kier alpha value is -1.41. The van der Waals surface area contributed by atoms with Gasteiger partial charge in [-0.2, -0.15) is 9.78 Å². The fourth-order valence-corrected chi connectivity index (χ4v) is 3.94. The third-order valence-electron chi connectivity index (χ3n) is 3.60. The molecule has 4 nitrogen and oxygen atoms in total. The Balaban J connectivity index is 1.82. The fourth-order valence-electron chi connectivity index (χ4n) is 2.37. The van der Waals surface area contributed by atoms with E-state index in [0.29, 0.717) is 22.3 Å². The van der Waals surface area contributed by atoms with E-state index in [1.165, 1.54) is 23.9 Å². The number of halogens is 4. The minimum atomic E-state index is -0.570. The summed E-state index contributed by atoms with van der Waals surface area (Å²) in [6.45, 7) is 0. The van der Waals surface area contributed by atoms with Gasteiger partial charge in [0.05, 0.1) is 15.8 Å². The van der Waals surface area contributed by atoms with E-state index in [1.807, 2.05) is 24.3 Å². The molecule has 9 heteroatoms. The number of nitrogens with zero attached hydrogens (tertiary/aromatic N) is 4. The molecule has 0 aliphatic carbocycles. The third kappa shape index (κ3) is 3.21. The van der Waals surface area contributed by atoms with Crippen LogP contribution in [0.2, 0.25) is 10.0 Å². The highest BCUT2D eigenvalue weighted by atomic mass is 79.9. The Labute approximate surface area is 165 Å². The second-order valence-corrected chi connectivity index (χ2v) is 7.88. The van der Waals surface area contributed by atoms with Crippen LogP contribution in [-0.4, -0.2) is 26.3 Å². The van der Waals surface area contributed by atoms with Crippen LogP contribution >= 0.6 is 50.9 Å². The van der Waals surface area contributed by atoms with Gasteiger partial charge >= 0.3 is 0 Å². The van der Waals surface area contributed by atoms with Crippen molar-refractivity contribution in [3.8, 4) is 11.4 Å². The van der Waals surface area contributed by atoms with Crippen LogP contribution in [0, 0.1) is 5.82 Å². The molecule has 2 aromatic carbocycles. The number of hydrogen-bond acceptors (Lipinski definition) is 4. The SMILES string of the molecule is Fc1cc(-c2nnc3n2N=C(c2ccc(Br)cc2)CS3)c(Cl)cc1Cl. The predicted octanol–water partition coefficient (Wildman–Crippen LogP) is 5.51. The van der Waals surface area contributed by atoms with Crippen molar-refractivity contribution in [1.29, 1.82) is 0 Å². The van der Waals surface area contributed by atoms with E-state index in [9.17, 15) is 4.39 Å². The standard InChI is InChI=1S/C16H8BrCl2FN4S/c17-9-3-1-8(2-4-9)14-7-25-16-22-21-15(24(16)23-14)10-5-13(20)12(19)6-11(10)18/h1-6H,7H2. The van der Waals surface area contributed by atoms with Crippen LogP contribution in [0.4, 0.5) is 4.39 Å². The summed E-state index contributed by atoms with van der Waals surface area (Å²) >= 11 is 16.9. The molecule has 3 aromatic rings. The zero-order valence-corrected chi connectivity index (χ0v) is 16.3. The lowest BCUT2D eigenvalue weighted by Gasteiger charge is -2.14. The van der Waals surface area contributed by atoms with E-state index in [4.69, 9.17) is 23.2 Å². The van der Waals surface area contributed by atoms with Crippen LogP contribution in [0.5, 0.6) is 0 Å². The Morgan fingerprint density at radius 3 is 2.60 bits per heavy atom. The van der Waals surface area contributed by atoms with E-state index < -0.39 is 5.82 Å². The maximum absolute atomic E-state index is 13.9. The lowest BCUT2D eigenvalue weighted by atomic mass is 10.1. The summed E-state index contributed by atoms with van der Waals surface area (Å²) in [5.41, 5.74) is 2.26. The maximum atomic E-state index is 13.9. The van der Waals surface area contributed by atoms with Crippen LogP contribution in [-0.2, 0) is 0 Å². The zero-order valence-electron chi connectivity index (χ0n) is 12.4. The molecule has 0 spiro atoms. The molecule has 4 rings (SSSR count). The van der Waals surface area contributed by atoms with Crippen LogP contribution < -0.4 is 0 Å². The molecule has 0 saturated carbocycles. The average molecular weight is 458 g/mol. The average Bonchev–Trinajstić information content (AvgIpc) is 3.02. The smallest absolute Gasteiger partial charge is 0.205 e. The van der Waals surface area contributed by atoms with Gasteiger partial charge in [-0.1, -0.05) is 63.0 Å². The number of rotatable bonds is 2. The van der Waals surface area contributed by atoms with Gasteiger partial charge in [-0.15, -0.1) is 10.2 Å². The van der Waals surface area contributed by atoms with Gasteiger partial charge < -0.3 is 0 Å². The molecule has 0 amide bonds. The molecule has 1 aliphatic heterocycles. The summed E-state index contributed by atoms with van der Waals surface area (Å²) in [6, 6.07) is 10.5. The molecule has 25 heavy (non-hydrogen) atoms. The monoisotopic (exact) mass is 456 g/mol. The second-order valence-electron chi connectivity index (χ2n) is 5.21. The van der Waals surface area contributed by atoms with Crippen LogP contribution in [0.1, 0.15) is 5.56 Å². The maximum Gasteiger partial charge on any atom is 0.212 e. The Kier molecular flexibility index (Phi) is 4.58. The van der Waals surface area contributed by atoms with Crippen LogP contribution in [0.3, 0.4) is 0 Å². The van der Waals surface area contributed by atoms with Gasteiger partial charge in [-0.05, 0) is 29.8 Å². The van der Waals surface area contributed by atoms with Gasteiger partial charge in [0.15, 0.2) is 5.82 Å². The molecule has 0 unspecified atom stereocenters. The van der Waals surface area contributed by atoms with Crippen molar-refractivity contribution in [2.45, 2.75) is 5.16 Å². The van der Waals surface area contributed by atoms with Crippen molar-refractivity contribution in [2.75, 3.05) is 5.75 Å². The van der Waals surface area contributed by atoms with Gasteiger partial charge in [0, 0.05) is 15.8 Å². The highest BCUT2D eigenvalue weighted by molar-refractivity contribution is 9.10. The molecule has 0 saturated heterocycles. The highest BCUT2D eigenvalue weighted by Gasteiger charge is 2.23. The summed E-state index contributed by atoms with van der Waals surface area (Å²) in [7, 11) is 0.